The van der Waals surface area contributed by atoms with Gasteiger partial charge in [0, 0.05) is 17.3 Å². The molecule has 2 amide bonds. The highest BCUT2D eigenvalue weighted by Gasteiger charge is 2.54. The van der Waals surface area contributed by atoms with E-state index < -0.39 is 0 Å². The van der Waals surface area contributed by atoms with Gasteiger partial charge in [0.2, 0.25) is 12.3 Å². The molecule has 0 radical (unpaired) electrons. The van der Waals surface area contributed by atoms with Crippen LogP contribution in [0, 0.1) is 5.92 Å². The fourth-order valence-electron chi connectivity index (χ4n) is 3.83. The number of rotatable bonds is 3. The van der Waals surface area contributed by atoms with Crippen LogP contribution in [0.25, 0.3) is 10.4 Å². The lowest BCUT2D eigenvalue weighted by Gasteiger charge is -2.41. The molecule has 1 saturated heterocycles. The Morgan fingerprint density at radius 3 is 2.35 bits per heavy atom. The molecule has 0 saturated carbocycles. The van der Waals surface area contributed by atoms with Crippen molar-refractivity contribution in [3.8, 4) is 10.4 Å². The van der Waals surface area contributed by atoms with Crippen molar-refractivity contribution in [2.24, 2.45) is 17.4 Å². The molecule has 1 atom stereocenters. The number of amides is 2. The Kier molecular flexibility index (Phi) is 5.71. The second-order valence-electron chi connectivity index (χ2n) is 7.47. The quantitative estimate of drug-likeness (QED) is 0.806. The normalized spacial score (nSPS) is 20.2. The van der Waals surface area contributed by atoms with E-state index in [0.717, 1.165) is 22.0 Å². The molecule has 0 aliphatic carbocycles. The highest BCUT2D eigenvalue weighted by Crippen LogP contribution is 2.49. The first-order valence-corrected chi connectivity index (χ1v) is 9.23. The van der Waals surface area contributed by atoms with Gasteiger partial charge in [0.15, 0.2) is 5.13 Å². The van der Waals surface area contributed by atoms with Crippen molar-refractivity contribution in [3.63, 3.8) is 0 Å². The number of hydrogen-bond acceptors (Lipinski definition) is 5. The molecule has 26 heavy (non-hydrogen) atoms. The van der Waals surface area contributed by atoms with Crippen molar-refractivity contribution in [3.05, 3.63) is 36.5 Å². The van der Waals surface area contributed by atoms with E-state index in [9.17, 15) is 4.79 Å². The minimum absolute atomic E-state index is 0.158. The predicted molar refractivity (Wildman–Crippen MR) is 106 cm³/mol. The van der Waals surface area contributed by atoms with Gasteiger partial charge >= 0.3 is 0 Å². The Morgan fingerprint density at radius 1 is 1.27 bits per heavy atom. The van der Waals surface area contributed by atoms with Crippen LogP contribution < -0.4 is 16.4 Å². The van der Waals surface area contributed by atoms with E-state index in [4.69, 9.17) is 10.5 Å². The smallest absolute Gasteiger partial charge is 0.222 e. The van der Waals surface area contributed by atoms with Gasteiger partial charge in [-0.3, -0.25) is 9.59 Å². The summed E-state index contributed by atoms with van der Waals surface area (Å²) in [4.78, 5) is 28.5. The van der Waals surface area contributed by atoms with Gasteiger partial charge in [-0.2, -0.15) is 0 Å². The number of carbonyl (C=O) groups is 2. The summed E-state index contributed by atoms with van der Waals surface area (Å²) >= 11 is 1.66. The second kappa shape index (κ2) is 7.45. The monoisotopic (exact) mass is 374 g/mol. The Balaban J connectivity index is 0.000000758. The van der Waals surface area contributed by atoms with Crippen molar-refractivity contribution in [2.45, 2.75) is 45.2 Å². The van der Waals surface area contributed by atoms with Crippen molar-refractivity contribution < 1.29 is 9.59 Å². The molecule has 1 aromatic carbocycles. The molecule has 1 aliphatic rings. The molecule has 0 bridgehead atoms. The van der Waals surface area contributed by atoms with Gasteiger partial charge in [-0.15, -0.1) is 0 Å². The van der Waals surface area contributed by atoms with E-state index in [1.165, 1.54) is 0 Å². The maximum absolute atomic E-state index is 11.9. The molecule has 140 valence electrons. The van der Waals surface area contributed by atoms with E-state index in [2.05, 4.69) is 55.4 Å². The van der Waals surface area contributed by atoms with Gasteiger partial charge in [0.05, 0.1) is 10.8 Å². The van der Waals surface area contributed by atoms with Crippen LogP contribution in [-0.2, 0) is 9.59 Å². The van der Waals surface area contributed by atoms with Gasteiger partial charge in [-0.05, 0) is 39.7 Å². The summed E-state index contributed by atoms with van der Waals surface area (Å²) in [6.07, 6.45) is 2.91. The van der Waals surface area contributed by atoms with Gasteiger partial charge in [-0.1, -0.05) is 41.7 Å². The van der Waals surface area contributed by atoms with E-state index in [1.54, 1.807) is 11.3 Å². The topological polar surface area (TPSA) is 102 Å². The lowest BCUT2D eigenvalue weighted by Crippen LogP contribution is -2.51. The molecule has 0 spiro atoms. The lowest BCUT2D eigenvalue weighted by molar-refractivity contribution is -0.122. The van der Waals surface area contributed by atoms with Crippen molar-refractivity contribution >= 4 is 28.8 Å². The van der Waals surface area contributed by atoms with Gasteiger partial charge in [0.25, 0.3) is 0 Å². The number of anilines is 1. The zero-order valence-corrected chi connectivity index (χ0v) is 16.4. The summed E-state index contributed by atoms with van der Waals surface area (Å²) < 4.78 is 0. The van der Waals surface area contributed by atoms with Crippen LogP contribution in [0.3, 0.4) is 0 Å². The maximum Gasteiger partial charge on any atom is 0.222 e. The molecule has 6 nitrogen and oxygen atoms in total. The van der Waals surface area contributed by atoms with Gasteiger partial charge in [-0.25, -0.2) is 4.98 Å². The molecule has 7 heteroatoms. The Hall–Kier alpha value is -2.41. The summed E-state index contributed by atoms with van der Waals surface area (Å²) in [6.45, 7) is 8.48. The van der Waals surface area contributed by atoms with E-state index in [0.29, 0.717) is 0 Å². The van der Waals surface area contributed by atoms with E-state index >= 15 is 0 Å². The van der Waals surface area contributed by atoms with Crippen molar-refractivity contribution in [2.75, 3.05) is 4.90 Å². The third-order valence-corrected chi connectivity index (χ3v) is 5.86. The molecule has 3 rings (SSSR count). The summed E-state index contributed by atoms with van der Waals surface area (Å²) in [6, 6.07) is 10.2. The van der Waals surface area contributed by atoms with Crippen LogP contribution >= 0.6 is 11.3 Å². The number of nitrogens with two attached hydrogens (primary N) is 2. The number of hydrogen-bond donors (Lipinski definition) is 2. The molecule has 1 fully saturated rings. The van der Waals surface area contributed by atoms with Crippen LogP contribution in [0.1, 0.15) is 34.1 Å². The van der Waals surface area contributed by atoms with Crippen LogP contribution in [0.4, 0.5) is 5.13 Å². The minimum Gasteiger partial charge on any atom is -0.372 e. The zero-order valence-electron chi connectivity index (χ0n) is 15.6. The Labute approximate surface area is 158 Å². The van der Waals surface area contributed by atoms with E-state index in [1.807, 2.05) is 24.4 Å². The van der Waals surface area contributed by atoms with Gasteiger partial charge < -0.3 is 16.4 Å². The average molecular weight is 375 g/mol. The van der Waals surface area contributed by atoms with Crippen molar-refractivity contribution in [1.82, 2.24) is 4.98 Å². The minimum atomic E-state index is -0.346. The number of carbonyl (C=O) groups excluding carboxylic acids is 2. The van der Waals surface area contributed by atoms with Crippen LogP contribution in [0.5, 0.6) is 0 Å². The summed E-state index contributed by atoms with van der Waals surface area (Å²) in [5.41, 5.74) is 10.5. The SMILES string of the molecule is CC1(C)CC(C(N)=O)C(C)(C)N1c1ncc(-c2ccccc2)s1.NC=O. The number of aromatic nitrogens is 1. The number of benzene rings is 1. The average Bonchev–Trinajstić information content (AvgIpc) is 3.09. The fraction of sp³-hybridized carbons (Fsp3) is 0.421. The third kappa shape index (κ3) is 3.72. The summed E-state index contributed by atoms with van der Waals surface area (Å²) in [5, 5.41) is 0.947. The van der Waals surface area contributed by atoms with Crippen molar-refractivity contribution in [1.29, 1.82) is 0 Å². The fourth-order valence-corrected chi connectivity index (χ4v) is 5.07. The number of nitrogens with zero attached hydrogens (tertiary/aromatic N) is 2. The molecule has 1 aliphatic heterocycles. The Bertz CT molecular complexity index is 771. The van der Waals surface area contributed by atoms with Gasteiger partial charge in [0.1, 0.15) is 0 Å². The summed E-state index contributed by atoms with van der Waals surface area (Å²) in [5.74, 6) is -0.410. The first kappa shape index (κ1) is 19.9. The van der Waals surface area contributed by atoms with Crippen LogP contribution in [0.15, 0.2) is 36.5 Å². The van der Waals surface area contributed by atoms with Crippen LogP contribution in [-0.4, -0.2) is 28.4 Å². The molecular weight excluding hydrogens is 348 g/mol. The predicted octanol–water partition coefficient (Wildman–Crippen LogP) is 2.78. The number of thiazole rings is 1. The Morgan fingerprint density at radius 2 is 1.85 bits per heavy atom. The highest BCUT2D eigenvalue weighted by atomic mass is 32.1. The summed E-state index contributed by atoms with van der Waals surface area (Å²) in [7, 11) is 0. The second-order valence-corrected chi connectivity index (χ2v) is 8.48. The molecular formula is C19H26N4O2S. The maximum atomic E-state index is 11.9. The lowest BCUT2D eigenvalue weighted by atomic mass is 9.86. The molecule has 4 N–H and O–H groups in total. The largest absolute Gasteiger partial charge is 0.372 e. The van der Waals surface area contributed by atoms with Crippen LogP contribution in [0.2, 0.25) is 0 Å². The molecule has 2 heterocycles. The third-order valence-electron chi connectivity index (χ3n) is 4.82. The molecule has 2 aromatic rings. The first-order valence-electron chi connectivity index (χ1n) is 8.41. The standard InChI is InChI=1S/C18H23N3OS.CH3NO/c1-17(2)10-13(15(19)22)18(3,4)21(17)16-20-11-14(23-16)12-8-6-5-7-9-12;2-1-3/h5-9,11,13H,10H2,1-4H3,(H2,19,22);1H,(H2,2,3). The highest BCUT2D eigenvalue weighted by molar-refractivity contribution is 7.18. The first-order chi connectivity index (χ1) is 12.1. The zero-order chi connectivity index (χ0) is 19.5. The van der Waals surface area contributed by atoms with E-state index in [-0.39, 0.29) is 29.3 Å². The molecule has 1 unspecified atom stereocenters. The molecule has 1 aromatic heterocycles. The number of primary amides is 2.